The molecule has 0 spiro atoms. The van der Waals surface area contributed by atoms with E-state index in [9.17, 15) is 8.78 Å². The normalized spacial score (nSPS) is 10.6. The van der Waals surface area contributed by atoms with E-state index in [0.717, 1.165) is 5.56 Å². The van der Waals surface area contributed by atoms with E-state index in [1.807, 2.05) is 13.0 Å². The van der Waals surface area contributed by atoms with Gasteiger partial charge in [0.05, 0.1) is 12.7 Å². The zero-order valence-corrected chi connectivity index (χ0v) is 13.8. The van der Waals surface area contributed by atoms with E-state index in [2.05, 4.69) is 20.3 Å². The van der Waals surface area contributed by atoms with Crippen molar-refractivity contribution in [1.29, 1.82) is 0 Å². The van der Waals surface area contributed by atoms with E-state index in [1.54, 1.807) is 0 Å². The summed E-state index contributed by atoms with van der Waals surface area (Å²) in [4.78, 5) is 12.5. The molecule has 1 N–H and O–H groups in total. The van der Waals surface area contributed by atoms with Gasteiger partial charge in [0.2, 0.25) is 5.95 Å². The summed E-state index contributed by atoms with van der Waals surface area (Å²) in [5, 5.41) is 2.96. The Morgan fingerprint density at radius 1 is 1.04 bits per heavy atom. The molecule has 0 aliphatic heterocycles. The van der Waals surface area contributed by atoms with Crippen LogP contribution in [0.3, 0.4) is 0 Å². The lowest BCUT2D eigenvalue weighted by atomic mass is 10.1. The second kappa shape index (κ2) is 7.21. The van der Waals surface area contributed by atoms with Gasteiger partial charge in [0, 0.05) is 11.8 Å². The van der Waals surface area contributed by atoms with Crippen LogP contribution < -0.4 is 10.1 Å². The first-order valence-corrected chi connectivity index (χ1v) is 7.68. The molecule has 0 bridgehead atoms. The van der Waals surface area contributed by atoms with Crippen molar-refractivity contribution in [2.75, 3.05) is 12.4 Å². The number of methoxy groups -OCH3 is 1. The third kappa shape index (κ3) is 3.88. The Morgan fingerprint density at radius 3 is 2.64 bits per heavy atom. The quantitative estimate of drug-likeness (QED) is 0.755. The Balaban J connectivity index is 1.94. The van der Waals surface area contributed by atoms with Crippen molar-refractivity contribution >= 4 is 11.6 Å². The number of rotatable bonds is 5. The molecule has 0 unspecified atom stereocenters. The van der Waals surface area contributed by atoms with E-state index < -0.39 is 5.82 Å². The highest BCUT2D eigenvalue weighted by molar-refractivity contribution is 5.65. The predicted octanol–water partition coefficient (Wildman–Crippen LogP) is 4.13. The summed E-state index contributed by atoms with van der Waals surface area (Å²) >= 11 is 0. The fraction of sp³-hybridized carbons (Fsp3) is 0.167. The highest BCUT2D eigenvalue weighted by Gasteiger charge is 2.11. The first kappa shape index (κ1) is 16.8. The van der Waals surface area contributed by atoms with Gasteiger partial charge in [-0.05, 0) is 42.3 Å². The van der Waals surface area contributed by atoms with Crippen molar-refractivity contribution in [3.8, 4) is 17.1 Å². The Kier molecular flexibility index (Phi) is 4.83. The van der Waals surface area contributed by atoms with Gasteiger partial charge in [-0.1, -0.05) is 6.92 Å². The molecule has 1 heterocycles. The number of hydrogen-bond donors (Lipinski definition) is 1. The number of benzene rings is 2. The Hall–Kier alpha value is -3.09. The first-order chi connectivity index (χ1) is 12.1. The minimum absolute atomic E-state index is 0.254. The minimum Gasteiger partial charge on any atom is -0.496 e. The molecule has 1 aromatic heterocycles. The zero-order chi connectivity index (χ0) is 17.8. The van der Waals surface area contributed by atoms with Crippen LogP contribution in [0.1, 0.15) is 12.5 Å². The monoisotopic (exact) mass is 342 g/mol. The van der Waals surface area contributed by atoms with Gasteiger partial charge in [-0.3, -0.25) is 0 Å². The van der Waals surface area contributed by atoms with Gasteiger partial charge in [-0.15, -0.1) is 0 Å². The highest BCUT2D eigenvalue weighted by Crippen LogP contribution is 2.28. The molecule has 0 aliphatic rings. The summed E-state index contributed by atoms with van der Waals surface area (Å²) in [6.45, 7) is 1.94. The molecule has 3 rings (SSSR count). The molecule has 7 heteroatoms. The van der Waals surface area contributed by atoms with Gasteiger partial charge in [-0.25, -0.2) is 18.7 Å². The molecule has 0 radical (unpaired) electrons. The van der Waals surface area contributed by atoms with Crippen LogP contribution in [-0.4, -0.2) is 22.1 Å². The van der Waals surface area contributed by atoms with Crippen LogP contribution in [0, 0.1) is 11.6 Å². The van der Waals surface area contributed by atoms with Gasteiger partial charge in [-0.2, -0.15) is 4.98 Å². The highest BCUT2D eigenvalue weighted by atomic mass is 19.1. The summed E-state index contributed by atoms with van der Waals surface area (Å²) in [5.41, 5.74) is 1.93. The first-order valence-electron chi connectivity index (χ1n) is 7.68. The van der Waals surface area contributed by atoms with Crippen molar-refractivity contribution in [2.45, 2.75) is 13.3 Å². The fourth-order valence-electron chi connectivity index (χ4n) is 2.39. The molecule has 0 amide bonds. The van der Waals surface area contributed by atoms with Gasteiger partial charge in [0.25, 0.3) is 0 Å². The number of aromatic nitrogens is 3. The van der Waals surface area contributed by atoms with E-state index in [4.69, 9.17) is 4.74 Å². The second-order valence-electron chi connectivity index (χ2n) is 5.30. The van der Waals surface area contributed by atoms with Crippen LogP contribution in [0.2, 0.25) is 0 Å². The van der Waals surface area contributed by atoms with Gasteiger partial charge >= 0.3 is 0 Å². The Bertz CT molecular complexity index is 902. The summed E-state index contributed by atoms with van der Waals surface area (Å²) in [5.74, 6) is 0.137. The third-order valence-electron chi connectivity index (χ3n) is 3.60. The molecule has 0 saturated carbocycles. The Labute approximate surface area is 143 Å². The maximum atomic E-state index is 13.7. The lowest BCUT2D eigenvalue weighted by Crippen LogP contribution is -2.02. The molecule has 0 saturated heterocycles. The molecule has 3 aromatic rings. The average Bonchev–Trinajstić information content (AvgIpc) is 2.61. The van der Waals surface area contributed by atoms with Crippen LogP contribution in [-0.2, 0) is 6.42 Å². The smallest absolute Gasteiger partial charge is 0.230 e. The lowest BCUT2D eigenvalue weighted by molar-refractivity contribution is 0.412. The molecule has 0 fully saturated rings. The molecule has 25 heavy (non-hydrogen) atoms. The summed E-state index contributed by atoms with van der Waals surface area (Å²) in [7, 11) is 1.44. The van der Waals surface area contributed by atoms with Crippen molar-refractivity contribution in [3.05, 3.63) is 59.9 Å². The largest absolute Gasteiger partial charge is 0.496 e. The molecular formula is C18H16F2N4O. The van der Waals surface area contributed by atoms with Crippen LogP contribution in [0.5, 0.6) is 5.75 Å². The number of hydrogen-bond acceptors (Lipinski definition) is 5. The fourth-order valence-corrected chi connectivity index (χ4v) is 2.39. The van der Waals surface area contributed by atoms with Gasteiger partial charge < -0.3 is 10.1 Å². The number of anilines is 2. The predicted molar refractivity (Wildman–Crippen MR) is 90.8 cm³/mol. The number of halogens is 2. The number of nitrogens with zero attached hydrogens (tertiary/aromatic N) is 3. The number of ether oxygens (including phenoxy) is 1. The van der Waals surface area contributed by atoms with Crippen LogP contribution in [0.4, 0.5) is 20.4 Å². The van der Waals surface area contributed by atoms with E-state index in [0.29, 0.717) is 29.2 Å². The molecule has 128 valence electrons. The number of aryl methyl sites for hydroxylation is 1. The molecular weight excluding hydrogens is 326 g/mol. The molecule has 0 aliphatic carbocycles. The molecule has 2 aromatic carbocycles. The van der Waals surface area contributed by atoms with Crippen molar-refractivity contribution in [2.24, 2.45) is 0 Å². The third-order valence-corrected chi connectivity index (χ3v) is 3.60. The maximum Gasteiger partial charge on any atom is 0.230 e. The van der Waals surface area contributed by atoms with Crippen molar-refractivity contribution < 1.29 is 13.5 Å². The van der Waals surface area contributed by atoms with E-state index in [1.165, 1.54) is 43.8 Å². The zero-order valence-electron chi connectivity index (χ0n) is 13.8. The van der Waals surface area contributed by atoms with E-state index in [-0.39, 0.29) is 11.8 Å². The topological polar surface area (TPSA) is 59.9 Å². The minimum atomic E-state index is -0.417. The summed E-state index contributed by atoms with van der Waals surface area (Å²) in [6.07, 6.45) is 2.04. The van der Waals surface area contributed by atoms with Crippen LogP contribution in [0.25, 0.3) is 11.4 Å². The SMILES string of the molecule is CCc1cc(F)cc(Nc2ncnc(-c3ccc(F)cc3OC)n2)c1. The molecule has 0 atom stereocenters. The lowest BCUT2D eigenvalue weighted by Gasteiger charge is -2.10. The second-order valence-corrected chi connectivity index (χ2v) is 5.30. The van der Waals surface area contributed by atoms with Gasteiger partial charge in [0.15, 0.2) is 5.82 Å². The Morgan fingerprint density at radius 2 is 1.88 bits per heavy atom. The van der Waals surface area contributed by atoms with Crippen molar-refractivity contribution in [1.82, 2.24) is 15.0 Å². The summed E-state index contributed by atoms with van der Waals surface area (Å²) in [6, 6.07) is 8.76. The average molecular weight is 342 g/mol. The van der Waals surface area contributed by atoms with E-state index >= 15 is 0 Å². The van der Waals surface area contributed by atoms with Gasteiger partial charge in [0.1, 0.15) is 23.7 Å². The summed E-state index contributed by atoms with van der Waals surface area (Å²) < 4.78 is 32.2. The van der Waals surface area contributed by atoms with Crippen LogP contribution in [0.15, 0.2) is 42.7 Å². The number of nitrogens with one attached hydrogen (secondary N) is 1. The van der Waals surface area contributed by atoms with Crippen molar-refractivity contribution in [3.63, 3.8) is 0 Å². The molecule has 5 nitrogen and oxygen atoms in total. The standard InChI is InChI=1S/C18H16F2N4O/c1-3-11-6-13(20)8-14(7-11)23-18-22-10-21-17(24-18)15-5-4-12(19)9-16(15)25-2/h4-10H,3H2,1-2H3,(H,21,22,23,24). The van der Waals surface area contributed by atoms with Crippen LogP contribution >= 0.6 is 0 Å². The maximum absolute atomic E-state index is 13.7.